The number of rotatable bonds is 11. The molecule has 0 radical (unpaired) electrons. The third kappa shape index (κ3) is 6.23. The Labute approximate surface area is 155 Å². The van der Waals surface area contributed by atoms with Gasteiger partial charge in [0.15, 0.2) is 5.76 Å². The molecule has 1 unspecified atom stereocenters. The minimum absolute atomic E-state index is 0.217. The third-order valence-electron chi connectivity index (χ3n) is 4.28. The van der Waals surface area contributed by atoms with Crippen LogP contribution in [-0.2, 0) is 11.3 Å². The molecule has 0 aliphatic rings. The van der Waals surface area contributed by atoms with Gasteiger partial charge in [-0.1, -0.05) is 26.0 Å². The van der Waals surface area contributed by atoms with Gasteiger partial charge >= 0.3 is 0 Å². The van der Waals surface area contributed by atoms with Crippen molar-refractivity contribution in [1.82, 2.24) is 5.32 Å². The average molecular weight is 359 g/mol. The summed E-state index contributed by atoms with van der Waals surface area (Å²) in [7, 11) is 0. The molecule has 5 heteroatoms. The molecule has 1 heterocycles. The van der Waals surface area contributed by atoms with Crippen molar-refractivity contribution in [1.29, 1.82) is 0 Å². The van der Waals surface area contributed by atoms with Crippen molar-refractivity contribution < 1.29 is 18.7 Å². The molecule has 0 aliphatic carbocycles. The summed E-state index contributed by atoms with van der Waals surface area (Å²) in [6.45, 7) is 8.53. The molecule has 1 aromatic heterocycles. The molecule has 142 valence electrons. The Hall–Kier alpha value is -2.27. The van der Waals surface area contributed by atoms with E-state index >= 15 is 0 Å². The fourth-order valence-electron chi connectivity index (χ4n) is 2.47. The smallest absolute Gasteiger partial charge is 0.286 e. The zero-order valence-corrected chi connectivity index (χ0v) is 15.9. The molecule has 26 heavy (non-hydrogen) atoms. The Balaban J connectivity index is 1.78. The van der Waals surface area contributed by atoms with Crippen molar-refractivity contribution in [2.75, 3.05) is 19.8 Å². The Morgan fingerprint density at radius 3 is 2.62 bits per heavy atom. The Kier molecular flexibility index (Phi) is 8.22. The maximum absolute atomic E-state index is 12.0. The fraction of sp³-hybridized carbons (Fsp3) is 0.476. The van der Waals surface area contributed by atoms with Gasteiger partial charge in [0.05, 0.1) is 0 Å². The van der Waals surface area contributed by atoms with Crippen LogP contribution >= 0.6 is 0 Å². The lowest BCUT2D eigenvalue weighted by Gasteiger charge is -2.10. The molecular weight excluding hydrogens is 330 g/mol. The summed E-state index contributed by atoms with van der Waals surface area (Å²) in [6, 6.07) is 11.6. The van der Waals surface area contributed by atoms with Crippen molar-refractivity contribution in [2.24, 2.45) is 0 Å². The van der Waals surface area contributed by atoms with Crippen molar-refractivity contribution in [3.05, 3.63) is 53.5 Å². The minimum Gasteiger partial charge on any atom is -0.486 e. The van der Waals surface area contributed by atoms with Crippen LogP contribution < -0.4 is 10.1 Å². The molecule has 1 aromatic carbocycles. The summed E-state index contributed by atoms with van der Waals surface area (Å²) < 4.78 is 16.5. The highest BCUT2D eigenvalue weighted by atomic mass is 16.5. The second kappa shape index (κ2) is 10.7. The van der Waals surface area contributed by atoms with E-state index < -0.39 is 0 Å². The van der Waals surface area contributed by atoms with Gasteiger partial charge in [-0.3, -0.25) is 4.79 Å². The number of ether oxygens (including phenoxy) is 2. The molecule has 0 aliphatic heterocycles. The topological polar surface area (TPSA) is 60.7 Å². The maximum atomic E-state index is 12.0. The minimum atomic E-state index is -0.217. The molecule has 2 aromatic rings. The SMILES string of the molecule is CCOCCCNC(=O)c1ccc(COc2ccc(C(C)CC)cc2)o1. The third-order valence-corrected chi connectivity index (χ3v) is 4.28. The lowest BCUT2D eigenvalue weighted by molar-refractivity contribution is 0.0913. The molecule has 2 rings (SSSR count). The summed E-state index contributed by atoms with van der Waals surface area (Å²) in [6.07, 6.45) is 1.89. The van der Waals surface area contributed by atoms with Gasteiger partial charge in [-0.25, -0.2) is 0 Å². The van der Waals surface area contributed by atoms with Gasteiger partial charge in [0.25, 0.3) is 5.91 Å². The van der Waals surface area contributed by atoms with Gasteiger partial charge < -0.3 is 19.2 Å². The van der Waals surface area contributed by atoms with Crippen LogP contribution in [0.15, 0.2) is 40.8 Å². The summed E-state index contributed by atoms with van der Waals surface area (Å²) in [5.41, 5.74) is 1.31. The van der Waals surface area contributed by atoms with E-state index in [4.69, 9.17) is 13.9 Å². The van der Waals surface area contributed by atoms with Crippen molar-refractivity contribution in [3.8, 4) is 5.75 Å². The van der Waals surface area contributed by atoms with Crippen LogP contribution in [0.3, 0.4) is 0 Å². The first kappa shape index (κ1) is 20.0. The molecule has 0 saturated heterocycles. The predicted molar refractivity (Wildman–Crippen MR) is 102 cm³/mol. The highest BCUT2D eigenvalue weighted by Crippen LogP contribution is 2.22. The number of benzene rings is 1. The van der Waals surface area contributed by atoms with E-state index in [2.05, 4.69) is 31.3 Å². The lowest BCUT2D eigenvalue weighted by Crippen LogP contribution is -2.24. The Bertz CT molecular complexity index is 663. The number of hydrogen-bond donors (Lipinski definition) is 1. The molecule has 0 bridgehead atoms. The normalized spacial score (nSPS) is 12.0. The lowest BCUT2D eigenvalue weighted by atomic mass is 9.99. The summed E-state index contributed by atoms with van der Waals surface area (Å²) >= 11 is 0. The van der Waals surface area contributed by atoms with Gasteiger partial charge in [0.1, 0.15) is 18.1 Å². The van der Waals surface area contributed by atoms with Crippen LogP contribution in [0.4, 0.5) is 0 Å². The number of carbonyl (C=O) groups is 1. The fourth-order valence-corrected chi connectivity index (χ4v) is 2.47. The molecule has 0 fully saturated rings. The second-order valence-corrected chi connectivity index (χ2v) is 6.24. The number of nitrogens with one attached hydrogen (secondary N) is 1. The molecule has 0 spiro atoms. The van der Waals surface area contributed by atoms with Crippen LogP contribution in [0.1, 0.15) is 61.4 Å². The predicted octanol–water partition coefficient (Wildman–Crippen LogP) is 4.53. The van der Waals surface area contributed by atoms with E-state index in [-0.39, 0.29) is 5.91 Å². The number of hydrogen-bond acceptors (Lipinski definition) is 4. The van der Waals surface area contributed by atoms with Gasteiger partial charge in [-0.05, 0) is 55.5 Å². The standard InChI is InChI=1S/C21H29NO4/c1-4-16(3)17-7-9-18(10-8-17)25-15-19-11-12-20(26-19)21(23)22-13-6-14-24-5-2/h7-12,16H,4-6,13-15H2,1-3H3,(H,22,23). The zero-order valence-electron chi connectivity index (χ0n) is 15.9. The second-order valence-electron chi connectivity index (χ2n) is 6.24. The van der Waals surface area contributed by atoms with Crippen molar-refractivity contribution >= 4 is 5.91 Å². The van der Waals surface area contributed by atoms with E-state index in [1.165, 1.54) is 5.56 Å². The first-order valence-corrected chi connectivity index (χ1v) is 9.31. The van der Waals surface area contributed by atoms with Gasteiger partial charge in [0, 0.05) is 19.8 Å². The number of carbonyl (C=O) groups excluding carboxylic acids is 1. The van der Waals surface area contributed by atoms with Gasteiger partial charge in [-0.15, -0.1) is 0 Å². The highest BCUT2D eigenvalue weighted by molar-refractivity contribution is 5.91. The molecule has 1 N–H and O–H groups in total. The zero-order chi connectivity index (χ0) is 18.8. The van der Waals surface area contributed by atoms with E-state index in [0.717, 1.165) is 18.6 Å². The van der Waals surface area contributed by atoms with Crippen molar-refractivity contribution in [2.45, 2.75) is 46.1 Å². The van der Waals surface area contributed by atoms with E-state index in [0.29, 0.717) is 43.8 Å². The van der Waals surface area contributed by atoms with E-state index in [1.54, 1.807) is 12.1 Å². The van der Waals surface area contributed by atoms with Crippen LogP contribution in [0.5, 0.6) is 5.75 Å². The molecule has 1 amide bonds. The van der Waals surface area contributed by atoms with E-state index in [1.807, 2.05) is 19.1 Å². The van der Waals surface area contributed by atoms with Gasteiger partial charge in [-0.2, -0.15) is 0 Å². The number of furan rings is 1. The quantitative estimate of drug-likeness (QED) is 0.599. The molecular formula is C21H29NO4. The largest absolute Gasteiger partial charge is 0.486 e. The summed E-state index contributed by atoms with van der Waals surface area (Å²) in [5, 5.41) is 2.81. The Morgan fingerprint density at radius 2 is 1.92 bits per heavy atom. The molecule has 1 atom stereocenters. The van der Waals surface area contributed by atoms with Crippen LogP contribution in [0, 0.1) is 0 Å². The summed E-state index contributed by atoms with van der Waals surface area (Å²) in [4.78, 5) is 12.0. The first-order chi connectivity index (χ1) is 12.6. The van der Waals surface area contributed by atoms with Crippen LogP contribution in [0.25, 0.3) is 0 Å². The molecule has 0 saturated carbocycles. The van der Waals surface area contributed by atoms with Crippen molar-refractivity contribution in [3.63, 3.8) is 0 Å². The molecule has 5 nitrogen and oxygen atoms in total. The number of amides is 1. The summed E-state index contributed by atoms with van der Waals surface area (Å²) in [5.74, 6) is 2.03. The maximum Gasteiger partial charge on any atom is 0.286 e. The highest BCUT2D eigenvalue weighted by Gasteiger charge is 2.11. The van der Waals surface area contributed by atoms with Crippen LogP contribution in [-0.4, -0.2) is 25.7 Å². The Morgan fingerprint density at radius 1 is 1.15 bits per heavy atom. The average Bonchev–Trinajstić information content (AvgIpc) is 3.15. The first-order valence-electron chi connectivity index (χ1n) is 9.31. The monoisotopic (exact) mass is 359 g/mol. The van der Waals surface area contributed by atoms with E-state index in [9.17, 15) is 4.79 Å². The van der Waals surface area contributed by atoms with Crippen LogP contribution in [0.2, 0.25) is 0 Å². The van der Waals surface area contributed by atoms with Gasteiger partial charge in [0.2, 0.25) is 0 Å².